The highest BCUT2D eigenvalue weighted by atomic mass is 32.2. The Labute approximate surface area is 157 Å². The van der Waals surface area contributed by atoms with E-state index in [0.29, 0.717) is 16.8 Å². The Morgan fingerprint density at radius 3 is 2.42 bits per heavy atom. The summed E-state index contributed by atoms with van der Waals surface area (Å²) in [4.78, 5) is 21.7. The summed E-state index contributed by atoms with van der Waals surface area (Å²) in [5, 5.41) is -0.206. The van der Waals surface area contributed by atoms with Gasteiger partial charge in [0.2, 0.25) is 15.0 Å². The fraction of sp³-hybridized carbons (Fsp3) is 0.526. The molecule has 0 saturated heterocycles. The first-order valence-corrected chi connectivity index (χ1v) is 10.6. The average Bonchev–Trinajstić information content (AvgIpc) is 2.55. The molecule has 1 aromatic rings. The highest BCUT2D eigenvalue weighted by Gasteiger charge is 2.17. The van der Waals surface area contributed by atoms with Gasteiger partial charge in [-0.2, -0.15) is 0 Å². The van der Waals surface area contributed by atoms with Gasteiger partial charge in [-0.15, -0.1) is 0 Å². The standard InChI is InChI=1S/C19H29N3O3S/c1-7-8-9-15-11-20-19(26(6,24)25)21-18(15)16(12-22(4)5)10-17(13-23)14(2)3/h10-14H,7-9H2,1-6H3/b16-12+,17-10+. The van der Waals surface area contributed by atoms with Gasteiger partial charge in [0.05, 0.1) is 5.69 Å². The number of aromatic nitrogens is 2. The third kappa shape index (κ3) is 6.37. The van der Waals surface area contributed by atoms with Crippen LogP contribution >= 0.6 is 0 Å². The summed E-state index contributed by atoms with van der Waals surface area (Å²) in [6.45, 7) is 5.96. The third-order valence-electron chi connectivity index (χ3n) is 3.77. The van der Waals surface area contributed by atoms with Crippen LogP contribution in [0.5, 0.6) is 0 Å². The molecule has 0 atom stereocenters. The van der Waals surface area contributed by atoms with Crippen LogP contribution in [0.3, 0.4) is 0 Å². The van der Waals surface area contributed by atoms with E-state index in [2.05, 4.69) is 16.9 Å². The van der Waals surface area contributed by atoms with Crippen LogP contribution in [0.1, 0.15) is 44.9 Å². The van der Waals surface area contributed by atoms with E-state index in [-0.39, 0.29) is 11.1 Å². The molecule has 144 valence electrons. The molecule has 0 aliphatic heterocycles. The van der Waals surface area contributed by atoms with Crippen molar-refractivity contribution in [3.8, 4) is 0 Å². The summed E-state index contributed by atoms with van der Waals surface area (Å²) >= 11 is 0. The van der Waals surface area contributed by atoms with E-state index in [9.17, 15) is 13.2 Å². The molecule has 1 heterocycles. The van der Waals surface area contributed by atoms with E-state index in [1.54, 1.807) is 12.3 Å². The van der Waals surface area contributed by atoms with Crippen molar-refractivity contribution < 1.29 is 13.2 Å². The topological polar surface area (TPSA) is 80.2 Å². The molecule has 1 rings (SSSR count). The molecule has 0 radical (unpaired) electrons. The van der Waals surface area contributed by atoms with E-state index in [1.807, 2.05) is 39.0 Å². The van der Waals surface area contributed by atoms with Crippen molar-refractivity contribution in [2.75, 3.05) is 20.4 Å². The normalized spacial score (nSPS) is 13.2. The Hall–Kier alpha value is -2.02. The predicted molar refractivity (Wildman–Crippen MR) is 104 cm³/mol. The molecule has 0 saturated carbocycles. The van der Waals surface area contributed by atoms with Crippen LogP contribution in [0.2, 0.25) is 0 Å². The van der Waals surface area contributed by atoms with Crippen LogP contribution in [0.15, 0.2) is 29.2 Å². The minimum Gasteiger partial charge on any atom is -0.383 e. The Morgan fingerprint density at radius 2 is 1.96 bits per heavy atom. The summed E-state index contributed by atoms with van der Waals surface area (Å²) in [6, 6.07) is 0. The van der Waals surface area contributed by atoms with E-state index in [0.717, 1.165) is 37.4 Å². The first-order chi connectivity index (χ1) is 12.1. The quantitative estimate of drug-likeness (QED) is 0.284. The molecular formula is C19H29N3O3S. The average molecular weight is 380 g/mol. The molecule has 0 amide bonds. The van der Waals surface area contributed by atoms with Gasteiger partial charge in [0, 0.05) is 38.3 Å². The number of aldehydes is 1. The lowest BCUT2D eigenvalue weighted by molar-refractivity contribution is -0.105. The van der Waals surface area contributed by atoms with Crippen molar-refractivity contribution in [1.82, 2.24) is 14.9 Å². The summed E-state index contributed by atoms with van der Waals surface area (Å²) < 4.78 is 23.8. The first kappa shape index (κ1) is 22.0. The van der Waals surface area contributed by atoms with E-state index in [4.69, 9.17) is 0 Å². The number of hydrogen-bond acceptors (Lipinski definition) is 6. The third-order valence-corrected chi connectivity index (χ3v) is 4.63. The largest absolute Gasteiger partial charge is 0.383 e. The van der Waals surface area contributed by atoms with Crippen LogP contribution in [0, 0.1) is 5.92 Å². The number of carbonyl (C=O) groups is 1. The number of rotatable bonds is 9. The highest BCUT2D eigenvalue weighted by Crippen LogP contribution is 2.24. The molecule has 6 nitrogen and oxygen atoms in total. The molecule has 0 fully saturated rings. The summed E-state index contributed by atoms with van der Waals surface area (Å²) in [5.41, 5.74) is 2.75. The number of nitrogens with zero attached hydrogens (tertiary/aromatic N) is 3. The SMILES string of the molecule is CCCCc1cnc(S(C)(=O)=O)nc1C(/C=C(\C=O)C(C)C)=C/N(C)C. The lowest BCUT2D eigenvalue weighted by Crippen LogP contribution is -2.11. The second-order valence-electron chi connectivity index (χ2n) is 6.87. The van der Waals surface area contributed by atoms with Crippen LogP contribution in [0.4, 0.5) is 0 Å². The van der Waals surface area contributed by atoms with E-state index < -0.39 is 9.84 Å². The zero-order valence-corrected chi connectivity index (χ0v) is 17.3. The molecule has 0 spiro atoms. The molecular weight excluding hydrogens is 350 g/mol. The number of unbranched alkanes of at least 4 members (excludes halogenated alkanes) is 1. The fourth-order valence-electron chi connectivity index (χ4n) is 2.33. The second-order valence-corrected chi connectivity index (χ2v) is 8.78. The zero-order valence-electron chi connectivity index (χ0n) is 16.5. The predicted octanol–water partition coefficient (Wildman–Crippen LogP) is 2.91. The van der Waals surface area contributed by atoms with Gasteiger partial charge in [-0.05, 0) is 36.0 Å². The Morgan fingerprint density at radius 1 is 1.31 bits per heavy atom. The van der Waals surface area contributed by atoms with Gasteiger partial charge in [-0.3, -0.25) is 4.79 Å². The van der Waals surface area contributed by atoms with Crippen LogP contribution in [-0.4, -0.2) is 49.9 Å². The van der Waals surface area contributed by atoms with Crippen molar-refractivity contribution >= 4 is 21.7 Å². The highest BCUT2D eigenvalue weighted by molar-refractivity contribution is 7.90. The lowest BCUT2D eigenvalue weighted by Gasteiger charge is -2.15. The van der Waals surface area contributed by atoms with Crippen molar-refractivity contribution in [1.29, 1.82) is 0 Å². The minimum atomic E-state index is -3.53. The monoisotopic (exact) mass is 379 g/mol. The molecule has 0 aliphatic carbocycles. The van der Waals surface area contributed by atoms with Crippen molar-refractivity contribution in [3.63, 3.8) is 0 Å². The maximum atomic E-state index is 11.9. The summed E-state index contributed by atoms with van der Waals surface area (Å²) in [7, 11) is 0.210. The molecule has 0 N–H and O–H groups in total. The number of sulfone groups is 1. The summed E-state index contributed by atoms with van der Waals surface area (Å²) in [5.74, 6) is 0.0494. The van der Waals surface area contributed by atoms with Crippen molar-refractivity contribution in [2.24, 2.45) is 5.92 Å². The second kappa shape index (κ2) is 9.62. The molecule has 7 heteroatoms. The Kier molecular flexibility index (Phi) is 8.14. The molecule has 0 bridgehead atoms. The number of aryl methyl sites for hydroxylation is 1. The van der Waals surface area contributed by atoms with Crippen LogP contribution in [0.25, 0.3) is 5.57 Å². The number of carbonyl (C=O) groups excluding carboxylic acids is 1. The van der Waals surface area contributed by atoms with Gasteiger partial charge in [-0.1, -0.05) is 27.2 Å². The first-order valence-electron chi connectivity index (χ1n) is 8.71. The maximum Gasteiger partial charge on any atom is 0.247 e. The molecule has 26 heavy (non-hydrogen) atoms. The lowest BCUT2D eigenvalue weighted by atomic mass is 9.97. The van der Waals surface area contributed by atoms with Gasteiger partial charge in [0.25, 0.3) is 0 Å². The minimum absolute atomic E-state index is 0.0494. The molecule has 0 aliphatic rings. The van der Waals surface area contributed by atoms with Crippen LogP contribution < -0.4 is 0 Å². The Bertz CT molecular complexity index is 794. The van der Waals surface area contributed by atoms with Gasteiger partial charge in [0.1, 0.15) is 6.29 Å². The van der Waals surface area contributed by atoms with E-state index >= 15 is 0 Å². The number of allylic oxidation sites excluding steroid dienone is 3. The molecule has 0 aromatic carbocycles. The van der Waals surface area contributed by atoms with Crippen molar-refractivity contribution in [2.45, 2.75) is 45.2 Å². The number of hydrogen-bond donors (Lipinski definition) is 0. The molecule has 1 aromatic heterocycles. The van der Waals surface area contributed by atoms with Gasteiger partial charge < -0.3 is 4.90 Å². The smallest absolute Gasteiger partial charge is 0.247 e. The zero-order chi connectivity index (χ0) is 19.9. The van der Waals surface area contributed by atoms with Gasteiger partial charge in [0.15, 0.2) is 0 Å². The molecule has 0 unspecified atom stereocenters. The van der Waals surface area contributed by atoms with Crippen LogP contribution in [-0.2, 0) is 21.1 Å². The van der Waals surface area contributed by atoms with Crippen molar-refractivity contribution in [3.05, 3.63) is 35.3 Å². The van der Waals surface area contributed by atoms with Gasteiger partial charge >= 0.3 is 0 Å². The maximum absolute atomic E-state index is 11.9. The van der Waals surface area contributed by atoms with E-state index in [1.165, 1.54) is 0 Å². The Balaban J connectivity index is 3.67. The summed E-state index contributed by atoms with van der Waals surface area (Å²) in [6.07, 6.45) is 9.82. The fourth-order valence-corrected chi connectivity index (χ4v) is 2.83. The van der Waals surface area contributed by atoms with Gasteiger partial charge in [-0.25, -0.2) is 18.4 Å².